The zero-order valence-electron chi connectivity index (χ0n) is 21.6. The van der Waals surface area contributed by atoms with Gasteiger partial charge in [-0.1, -0.05) is 30.3 Å². The summed E-state index contributed by atoms with van der Waals surface area (Å²) in [4.78, 5) is 18.4. The first-order valence-electron chi connectivity index (χ1n) is 12.8. The van der Waals surface area contributed by atoms with Crippen LogP contribution in [0.5, 0.6) is 11.5 Å². The van der Waals surface area contributed by atoms with Gasteiger partial charge in [-0.2, -0.15) is 0 Å². The first kappa shape index (κ1) is 25.3. The second-order valence-corrected chi connectivity index (χ2v) is 9.90. The third kappa shape index (κ3) is 4.81. The Morgan fingerprint density at radius 3 is 2.48 bits per heavy atom. The van der Waals surface area contributed by atoms with E-state index in [0.717, 1.165) is 39.8 Å². The predicted octanol–water partition coefficient (Wildman–Crippen LogP) is 6.85. The fraction of sp³-hybridized carbons (Fsp3) is 0.0938. The number of nitrogens with one attached hydrogen (secondary N) is 1. The number of para-hydroxylation sites is 1. The maximum Gasteiger partial charge on any atom is 0.335 e. The molecule has 1 aliphatic heterocycles. The van der Waals surface area contributed by atoms with Crippen molar-refractivity contribution in [3.63, 3.8) is 0 Å². The van der Waals surface area contributed by atoms with E-state index in [9.17, 15) is 9.90 Å². The van der Waals surface area contributed by atoms with Gasteiger partial charge < -0.3 is 24.6 Å². The Balaban J connectivity index is 1.41. The van der Waals surface area contributed by atoms with E-state index in [4.69, 9.17) is 17.0 Å². The van der Waals surface area contributed by atoms with Crippen molar-refractivity contribution in [3.8, 4) is 17.2 Å². The Hall–Kier alpha value is -4.95. The maximum atomic E-state index is 11.7. The number of hydrogen-bond donors (Lipinski definition) is 2. The number of benzene rings is 3. The lowest BCUT2D eigenvalue weighted by Crippen LogP contribution is -2.30. The van der Waals surface area contributed by atoms with Crippen LogP contribution < -0.4 is 15.0 Å². The SMILES string of the molecule is Cc1ccccc1Oc1ccc(N2C(=S)N[C@H](c3ccccn3)[C@@H]2c2cccn2-c2cccc(C(=O)O)c2)cc1. The second kappa shape index (κ2) is 10.7. The minimum absolute atomic E-state index is 0.222. The molecule has 2 N–H and O–H groups in total. The number of aromatic nitrogens is 2. The van der Waals surface area contributed by atoms with Gasteiger partial charge in [0.15, 0.2) is 5.11 Å². The molecule has 2 aromatic heterocycles. The zero-order valence-corrected chi connectivity index (χ0v) is 22.5. The lowest BCUT2D eigenvalue weighted by atomic mass is 10.0. The van der Waals surface area contributed by atoms with Crippen molar-refractivity contribution in [2.75, 3.05) is 4.90 Å². The van der Waals surface area contributed by atoms with Crippen LogP contribution >= 0.6 is 12.2 Å². The number of nitrogens with zero attached hydrogens (tertiary/aromatic N) is 3. The normalized spacial score (nSPS) is 16.5. The molecule has 0 aliphatic carbocycles. The Bertz CT molecular complexity index is 1680. The second-order valence-electron chi connectivity index (χ2n) is 9.52. The molecule has 6 rings (SSSR count). The third-order valence-corrected chi connectivity index (χ3v) is 7.30. The molecule has 40 heavy (non-hydrogen) atoms. The standard InChI is InChI=1S/C32H26N4O3S/c1-21-8-2-3-13-28(21)39-25-16-14-23(15-17-25)36-30(29(34-32(36)40)26-11-4-5-18-33-26)27-12-7-19-35(27)24-10-6-9-22(20-24)31(37)38/h2-20,29-30H,1H3,(H,34,40)(H,37,38)/t29-,30+/m1/s1. The molecule has 0 unspecified atom stereocenters. The Labute approximate surface area is 237 Å². The van der Waals surface area contributed by atoms with Crippen molar-refractivity contribution < 1.29 is 14.6 Å². The number of aryl methyl sites for hydroxylation is 1. The molecular formula is C32H26N4O3S. The molecule has 1 aliphatic rings. The summed E-state index contributed by atoms with van der Waals surface area (Å²) in [6.07, 6.45) is 3.71. The van der Waals surface area contributed by atoms with E-state index < -0.39 is 5.97 Å². The first-order valence-corrected chi connectivity index (χ1v) is 13.3. The first-order chi connectivity index (χ1) is 19.5. The molecule has 8 heteroatoms. The minimum atomic E-state index is -0.972. The molecule has 3 aromatic carbocycles. The molecule has 3 heterocycles. The van der Waals surface area contributed by atoms with Gasteiger partial charge in [-0.05, 0) is 97.5 Å². The average Bonchev–Trinajstić information content (AvgIpc) is 3.60. The van der Waals surface area contributed by atoms with Crippen LogP contribution in [-0.2, 0) is 0 Å². The van der Waals surface area contributed by atoms with E-state index in [1.165, 1.54) is 0 Å². The molecule has 1 saturated heterocycles. The number of ether oxygens (including phenoxy) is 1. The highest BCUT2D eigenvalue weighted by atomic mass is 32.1. The van der Waals surface area contributed by atoms with Crippen molar-refractivity contribution in [2.24, 2.45) is 0 Å². The van der Waals surface area contributed by atoms with Gasteiger partial charge in [0.2, 0.25) is 0 Å². The van der Waals surface area contributed by atoms with Crippen LogP contribution in [0, 0.1) is 6.92 Å². The number of pyridine rings is 1. The fourth-order valence-corrected chi connectivity index (χ4v) is 5.41. The Morgan fingerprint density at radius 1 is 0.925 bits per heavy atom. The molecule has 0 saturated carbocycles. The van der Waals surface area contributed by atoms with Gasteiger partial charge in [0.1, 0.15) is 17.5 Å². The van der Waals surface area contributed by atoms with Crippen LogP contribution in [0.25, 0.3) is 5.69 Å². The summed E-state index contributed by atoms with van der Waals surface area (Å²) in [6, 6.07) is 32.0. The maximum absolute atomic E-state index is 11.7. The van der Waals surface area contributed by atoms with Crippen molar-refractivity contribution in [1.29, 1.82) is 0 Å². The molecular weight excluding hydrogens is 520 g/mol. The Kier molecular flexibility index (Phi) is 6.76. The topological polar surface area (TPSA) is 79.6 Å². The van der Waals surface area contributed by atoms with Gasteiger partial charge in [-0.15, -0.1) is 0 Å². The number of hydrogen-bond acceptors (Lipinski definition) is 4. The molecule has 1 fully saturated rings. The van der Waals surface area contributed by atoms with Crippen LogP contribution in [0.3, 0.4) is 0 Å². The molecule has 0 amide bonds. The number of carbonyl (C=O) groups is 1. The molecule has 198 valence electrons. The minimum Gasteiger partial charge on any atom is -0.478 e. The van der Waals surface area contributed by atoms with E-state index in [0.29, 0.717) is 5.11 Å². The molecule has 0 radical (unpaired) electrons. The summed E-state index contributed by atoms with van der Waals surface area (Å²) in [5, 5.41) is 13.6. The highest BCUT2D eigenvalue weighted by molar-refractivity contribution is 7.80. The Morgan fingerprint density at radius 2 is 1.73 bits per heavy atom. The molecule has 0 bridgehead atoms. The summed E-state index contributed by atoms with van der Waals surface area (Å²) in [6.45, 7) is 2.02. The highest BCUT2D eigenvalue weighted by Gasteiger charge is 2.42. The number of thiocarbonyl (C=S) groups is 1. The van der Waals surface area contributed by atoms with Crippen molar-refractivity contribution in [1.82, 2.24) is 14.9 Å². The summed E-state index contributed by atoms with van der Waals surface area (Å²) < 4.78 is 8.13. The lowest BCUT2D eigenvalue weighted by molar-refractivity contribution is 0.0697. The average molecular weight is 547 g/mol. The smallest absolute Gasteiger partial charge is 0.335 e. The van der Waals surface area contributed by atoms with Crippen LogP contribution in [0.2, 0.25) is 0 Å². The van der Waals surface area contributed by atoms with Crippen LogP contribution in [0.1, 0.15) is 39.4 Å². The van der Waals surface area contributed by atoms with E-state index in [1.807, 2.05) is 103 Å². The number of carboxylic acid groups (broad SMARTS) is 1. The quantitative estimate of drug-likeness (QED) is 0.216. The van der Waals surface area contributed by atoms with E-state index in [1.54, 1.807) is 24.4 Å². The van der Waals surface area contributed by atoms with E-state index >= 15 is 0 Å². The van der Waals surface area contributed by atoms with Gasteiger partial charge in [0.05, 0.1) is 17.3 Å². The van der Waals surface area contributed by atoms with Gasteiger partial charge in [-0.25, -0.2) is 4.79 Å². The predicted molar refractivity (Wildman–Crippen MR) is 158 cm³/mol. The van der Waals surface area contributed by atoms with Gasteiger partial charge in [0, 0.05) is 29.5 Å². The molecule has 7 nitrogen and oxygen atoms in total. The summed E-state index contributed by atoms with van der Waals surface area (Å²) in [5.41, 5.74) is 4.71. The van der Waals surface area contributed by atoms with E-state index in [-0.39, 0.29) is 17.6 Å². The number of aromatic carboxylic acids is 1. The number of rotatable bonds is 7. The van der Waals surface area contributed by atoms with Crippen molar-refractivity contribution in [2.45, 2.75) is 19.0 Å². The van der Waals surface area contributed by atoms with Gasteiger partial charge >= 0.3 is 5.97 Å². The third-order valence-electron chi connectivity index (χ3n) is 6.99. The molecule has 2 atom stereocenters. The highest BCUT2D eigenvalue weighted by Crippen LogP contribution is 2.42. The molecule has 5 aromatic rings. The van der Waals surface area contributed by atoms with E-state index in [2.05, 4.69) is 15.2 Å². The fourth-order valence-electron chi connectivity index (χ4n) is 5.07. The van der Waals surface area contributed by atoms with Gasteiger partial charge in [-0.3, -0.25) is 4.98 Å². The van der Waals surface area contributed by atoms with Crippen LogP contribution in [0.4, 0.5) is 5.69 Å². The monoisotopic (exact) mass is 546 g/mol. The summed E-state index contributed by atoms with van der Waals surface area (Å²) in [5.74, 6) is 0.561. The van der Waals surface area contributed by atoms with Crippen molar-refractivity contribution in [3.05, 3.63) is 138 Å². The summed E-state index contributed by atoms with van der Waals surface area (Å²) in [7, 11) is 0. The number of anilines is 1. The number of carboxylic acids is 1. The van der Waals surface area contributed by atoms with Crippen LogP contribution in [0.15, 0.2) is 116 Å². The zero-order chi connectivity index (χ0) is 27.6. The molecule has 0 spiro atoms. The lowest BCUT2D eigenvalue weighted by Gasteiger charge is -2.29. The van der Waals surface area contributed by atoms with Crippen molar-refractivity contribution >= 4 is 29.0 Å². The largest absolute Gasteiger partial charge is 0.478 e. The summed E-state index contributed by atoms with van der Waals surface area (Å²) >= 11 is 5.89. The van der Waals surface area contributed by atoms with Gasteiger partial charge in [0.25, 0.3) is 0 Å². The van der Waals surface area contributed by atoms with Crippen LogP contribution in [-0.4, -0.2) is 25.7 Å².